The van der Waals surface area contributed by atoms with Gasteiger partial charge in [-0.05, 0) is 42.5 Å². The third-order valence-electron chi connectivity index (χ3n) is 6.44. The lowest BCUT2D eigenvalue weighted by Crippen LogP contribution is -2.48. The fourth-order valence-electron chi connectivity index (χ4n) is 4.20. The van der Waals surface area contributed by atoms with Gasteiger partial charge in [0, 0.05) is 65.3 Å². The molecule has 14 heteroatoms. The largest absolute Gasteiger partial charge is 0.383 e. The van der Waals surface area contributed by atoms with Crippen LogP contribution in [0, 0.1) is 0 Å². The van der Waals surface area contributed by atoms with Crippen molar-refractivity contribution in [3.63, 3.8) is 0 Å². The molecule has 1 aliphatic heterocycles. The second-order valence-corrected chi connectivity index (χ2v) is 14.1. The van der Waals surface area contributed by atoms with Gasteiger partial charge in [0.2, 0.25) is 10.0 Å². The highest BCUT2D eigenvalue weighted by Crippen LogP contribution is 2.31. The summed E-state index contributed by atoms with van der Waals surface area (Å²) in [6.45, 7) is 3.00. The number of sulfone groups is 1. The number of piperazine rings is 1. The maximum absolute atomic E-state index is 13.1. The lowest BCUT2D eigenvalue weighted by Gasteiger charge is -2.34. The van der Waals surface area contributed by atoms with E-state index >= 15 is 0 Å². The molecule has 1 amide bonds. The van der Waals surface area contributed by atoms with Crippen molar-refractivity contribution in [1.29, 1.82) is 0 Å². The number of amides is 1. The zero-order chi connectivity index (χ0) is 28.2. The molecule has 1 saturated heterocycles. The molecule has 0 bridgehead atoms. The van der Waals surface area contributed by atoms with Crippen molar-refractivity contribution in [2.75, 3.05) is 77.9 Å². The SMILES string of the molecule is COCCN(CCOC)S(=O)(=O)c1ccc(C(=O)N2CCN(c3nc4ccc(S(C)(=O)=O)cc4s3)CC2)cc1. The average Bonchev–Trinajstić information content (AvgIpc) is 3.36. The number of aromatic nitrogens is 1. The number of rotatable bonds is 11. The first kappa shape index (κ1) is 29.4. The molecule has 3 aromatic rings. The van der Waals surface area contributed by atoms with Gasteiger partial charge in [-0.3, -0.25) is 4.79 Å². The van der Waals surface area contributed by atoms with Gasteiger partial charge < -0.3 is 19.3 Å². The van der Waals surface area contributed by atoms with E-state index < -0.39 is 19.9 Å². The van der Waals surface area contributed by atoms with Crippen molar-refractivity contribution >= 4 is 52.5 Å². The first-order valence-electron chi connectivity index (χ1n) is 12.3. The molecular formula is C25H32N4O7S3. The predicted octanol–water partition coefficient (Wildman–Crippen LogP) is 1.95. The molecule has 1 fully saturated rings. The Morgan fingerprint density at radius 1 is 0.923 bits per heavy atom. The van der Waals surface area contributed by atoms with Crippen LogP contribution in [0.25, 0.3) is 10.2 Å². The standard InChI is InChI=1S/C25H32N4O7S3/c1-35-16-14-29(15-17-36-2)39(33,34)20-6-4-19(5-7-20)24(30)27-10-12-28(13-11-27)25-26-22-9-8-21(38(3,31)32)18-23(22)37-25/h4-9,18H,10-17H2,1-3H3. The van der Waals surface area contributed by atoms with Gasteiger partial charge in [-0.1, -0.05) is 11.3 Å². The highest BCUT2D eigenvalue weighted by Gasteiger charge is 2.27. The quantitative estimate of drug-likeness (QED) is 0.326. The topological polar surface area (TPSA) is 126 Å². The van der Waals surface area contributed by atoms with Crippen molar-refractivity contribution in [2.24, 2.45) is 0 Å². The van der Waals surface area contributed by atoms with Crippen LogP contribution in [0.1, 0.15) is 10.4 Å². The maximum atomic E-state index is 13.1. The molecule has 0 atom stereocenters. The van der Waals surface area contributed by atoms with Crippen LogP contribution in [-0.2, 0) is 29.3 Å². The van der Waals surface area contributed by atoms with Crippen molar-refractivity contribution in [3.05, 3.63) is 48.0 Å². The number of benzene rings is 2. The number of ether oxygens (including phenoxy) is 2. The van der Waals surface area contributed by atoms with Crippen molar-refractivity contribution in [2.45, 2.75) is 9.79 Å². The van der Waals surface area contributed by atoms with Gasteiger partial charge in [0.15, 0.2) is 15.0 Å². The summed E-state index contributed by atoms with van der Waals surface area (Å²) in [5.74, 6) is -0.170. The highest BCUT2D eigenvalue weighted by atomic mass is 32.2. The number of fused-ring (bicyclic) bond motifs is 1. The van der Waals surface area contributed by atoms with Crippen molar-refractivity contribution in [3.8, 4) is 0 Å². The maximum Gasteiger partial charge on any atom is 0.253 e. The molecule has 11 nitrogen and oxygen atoms in total. The van der Waals surface area contributed by atoms with Crippen molar-refractivity contribution in [1.82, 2.24) is 14.2 Å². The number of carbonyl (C=O) groups excluding carboxylic acids is 1. The van der Waals surface area contributed by atoms with E-state index in [0.717, 1.165) is 15.3 Å². The number of hydrogen-bond donors (Lipinski definition) is 0. The average molecular weight is 597 g/mol. The smallest absolute Gasteiger partial charge is 0.253 e. The van der Waals surface area contributed by atoms with E-state index in [1.165, 1.54) is 48.3 Å². The number of thiazole rings is 1. The monoisotopic (exact) mass is 596 g/mol. The summed E-state index contributed by atoms with van der Waals surface area (Å²) in [6.07, 6.45) is 1.18. The van der Waals surface area contributed by atoms with E-state index in [2.05, 4.69) is 9.88 Å². The lowest BCUT2D eigenvalue weighted by molar-refractivity contribution is 0.0746. The Bertz CT molecular complexity index is 1510. The number of hydrogen-bond acceptors (Lipinski definition) is 10. The molecule has 212 valence electrons. The van der Waals surface area contributed by atoms with Crippen LogP contribution in [0.3, 0.4) is 0 Å². The number of methoxy groups -OCH3 is 2. The first-order chi connectivity index (χ1) is 18.5. The Balaban J connectivity index is 1.40. The number of sulfonamides is 1. The molecule has 2 aromatic carbocycles. The Labute approximate surface area is 232 Å². The molecule has 0 unspecified atom stereocenters. The molecule has 1 aliphatic rings. The highest BCUT2D eigenvalue weighted by molar-refractivity contribution is 7.90. The number of carbonyl (C=O) groups is 1. The van der Waals surface area contributed by atoms with E-state index in [9.17, 15) is 21.6 Å². The van der Waals surface area contributed by atoms with Crippen LogP contribution in [0.4, 0.5) is 5.13 Å². The summed E-state index contributed by atoms with van der Waals surface area (Å²) in [4.78, 5) is 22.0. The van der Waals surface area contributed by atoms with E-state index in [-0.39, 0.29) is 42.0 Å². The molecule has 0 spiro atoms. The molecule has 1 aromatic heterocycles. The van der Waals surface area contributed by atoms with Gasteiger partial charge in [0.05, 0.1) is 33.2 Å². The molecular weight excluding hydrogens is 564 g/mol. The Kier molecular flexibility index (Phi) is 9.24. The van der Waals surface area contributed by atoms with Gasteiger partial charge in [0.1, 0.15) is 0 Å². The van der Waals surface area contributed by atoms with Crippen LogP contribution in [-0.4, -0.2) is 110 Å². The summed E-state index contributed by atoms with van der Waals surface area (Å²) in [5, 5.41) is 0.781. The van der Waals surface area contributed by atoms with Crippen LogP contribution in [0.2, 0.25) is 0 Å². The number of anilines is 1. The summed E-state index contributed by atoms with van der Waals surface area (Å²) in [7, 11) is -4.05. The van der Waals surface area contributed by atoms with Crippen LogP contribution in [0.15, 0.2) is 52.3 Å². The Morgan fingerprint density at radius 2 is 1.51 bits per heavy atom. The molecule has 0 aliphatic carbocycles. The lowest BCUT2D eigenvalue weighted by atomic mass is 10.2. The van der Waals surface area contributed by atoms with Gasteiger partial charge in [0.25, 0.3) is 5.91 Å². The normalized spacial score (nSPS) is 14.9. The minimum Gasteiger partial charge on any atom is -0.383 e. The third kappa shape index (κ3) is 6.76. The molecule has 0 radical (unpaired) electrons. The second-order valence-electron chi connectivity index (χ2n) is 9.09. The molecule has 0 N–H and O–H groups in total. The zero-order valence-electron chi connectivity index (χ0n) is 22.1. The van der Waals surface area contributed by atoms with E-state index in [4.69, 9.17) is 9.47 Å². The van der Waals surface area contributed by atoms with Crippen molar-refractivity contribution < 1.29 is 31.1 Å². The van der Waals surface area contributed by atoms with E-state index in [1.54, 1.807) is 35.2 Å². The Morgan fingerprint density at radius 3 is 2.08 bits per heavy atom. The molecule has 2 heterocycles. The van der Waals surface area contributed by atoms with E-state index in [1.807, 2.05) is 0 Å². The van der Waals surface area contributed by atoms with Crippen LogP contribution < -0.4 is 4.90 Å². The fourth-order valence-corrected chi connectivity index (χ4v) is 7.39. The second kappa shape index (κ2) is 12.3. The number of nitrogens with zero attached hydrogens (tertiary/aromatic N) is 4. The van der Waals surface area contributed by atoms with Gasteiger partial charge in [-0.25, -0.2) is 21.8 Å². The van der Waals surface area contributed by atoms with Gasteiger partial charge in [-0.15, -0.1) is 0 Å². The van der Waals surface area contributed by atoms with Crippen LogP contribution in [0.5, 0.6) is 0 Å². The minimum absolute atomic E-state index is 0.103. The minimum atomic E-state index is -3.77. The summed E-state index contributed by atoms with van der Waals surface area (Å²) in [6, 6.07) is 10.9. The Hall–Kier alpha value is -2.62. The summed E-state index contributed by atoms with van der Waals surface area (Å²) in [5.41, 5.74) is 1.15. The summed E-state index contributed by atoms with van der Waals surface area (Å²) < 4.78 is 62.1. The predicted molar refractivity (Wildman–Crippen MR) is 150 cm³/mol. The van der Waals surface area contributed by atoms with Crippen LogP contribution >= 0.6 is 11.3 Å². The fraction of sp³-hybridized carbons (Fsp3) is 0.440. The molecule has 0 saturated carbocycles. The summed E-state index contributed by atoms with van der Waals surface area (Å²) >= 11 is 1.43. The van der Waals surface area contributed by atoms with Gasteiger partial charge >= 0.3 is 0 Å². The third-order valence-corrected chi connectivity index (χ3v) is 10.5. The molecule has 39 heavy (non-hydrogen) atoms. The molecule has 4 rings (SSSR count). The van der Waals surface area contributed by atoms with Gasteiger partial charge in [-0.2, -0.15) is 4.31 Å². The zero-order valence-corrected chi connectivity index (χ0v) is 24.5. The van der Waals surface area contributed by atoms with E-state index in [0.29, 0.717) is 31.7 Å². The first-order valence-corrected chi connectivity index (χ1v) is 16.4.